The number of aromatic nitrogens is 2. The number of carbonyl (C=O) groups excluding carboxylic acids is 2. The van der Waals surface area contributed by atoms with Crippen LogP contribution in [0.1, 0.15) is 10.4 Å². The Bertz CT molecular complexity index is 1390. The van der Waals surface area contributed by atoms with Gasteiger partial charge in [-0.2, -0.15) is 13.2 Å². The van der Waals surface area contributed by atoms with Crippen LogP contribution in [0.5, 0.6) is 0 Å². The first-order valence-corrected chi connectivity index (χ1v) is 9.33. The monoisotopic (exact) mass is 444 g/mol. The van der Waals surface area contributed by atoms with Crippen molar-refractivity contribution in [1.29, 1.82) is 0 Å². The quantitative estimate of drug-likeness (QED) is 0.492. The number of anilines is 1. The predicted octanol–water partition coefficient (Wildman–Crippen LogP) is 3.07. The second-order valence-corrected chi connectivity index (χ2v) is 6.85. The first-order chi connectivity index (χ1) is 15.2. The number of furan rings is 1. The van der Waals surface area contributed by atoms with Crippen molar-refractivity contribution in [3.63, 3.8) is 0 Å². The molecule has 0 bridgehead atoms. The highest BCUT2D eigenvalue weighted by molar-refractivity contribution is 6.04. The minimum Gasteiger partial charge on any atom is -0.448 e. The van der Waals surface area contributed by atoms with Crippen molar-refractivity contribution >= 4 is 39.6 Å². The summed E-state index contributed by atoms with van der Waals surface area (Å²) >= 11 is 0. The average Bonchev–Trinajstić information content (AvgIpc) is 3.13. The number of para-hydroxylation sites is 2. The van der Waals surface area contributed by atoms with Gasteiger partial charge in [-0.3, -0.25) is 19.0 Å². The summed E-state index contributed by atoms with van der Waals surface area (Å²) in [6, 6.07) is 12.6. The number of nitrogens with one attached hydrogen (secondary N) is 2. The molecule has 32 heavy (non-hydrogen) atoms. The summed E-state index contributed by atoms with van der Waals surface area (Å²) in [7, 11) is 0. The van der Waals surface area contributed by atoms with Crippen LogP contribution in [0.2, 0.25) is 0 Å². The SMILES string of the molecule is O=C(Cn1cnc2c(oc3ccccc32)c1=O)Nc1ccccc1C(=O)NCC(F)(F)F. The largest absolute Gasteiger partial charge is 0.448 e. The van der Waals surface area contributed by atoms with Gasteiger partial charge < -0.3 is 15.1 Å². The lowest BCUT2D eigenvalue weighted by molar-refractivity contribution is -0.123. The Morgan fingerprint density at radius 1 is 1.06 bits per heavy atom. The van der Waals surface area contributed by atoms with Crippen LogP contribution in [-0.2, 0) is 11.3 Å². The van der Waals surface area contributed by atoms with Gasteiger partial charge in [0.05, 0.1) is 17.6 Å². The number of hydrogen-bond acceptors (Lipinski definition) is 5. The summed E-state index contributed by atoms with van der Waals surface area (Å²) in [6.45, 7) is -1.95. The predicted molar refractivity (Wildman–Crippen MR) is 109 cm³/mol. The molecule has 0 unspecified atom stereocenters. The van der Waals surface area contributed by atoms with Gasteiger partial charge in [-0.05, 0) is 24.3 Å². The van der Waals surface area contributed by atoms with Gasteiger partial charge in [0, 0.05) is 5.39 Å². The molecule has 0 saturated heterocycles. The van der Waals surface area contributed by atoms with Crippen molar-refractivity contribution in [2.45, 2.75) is 12.7 Å². The third-order valence-electron chi connectivity index (χ3n) is 4.56. The van der Waals surface area contributed by atoms with Gasteiger partial charge in [-0.15, -0.1) is 0 Å². The molecule has 2 heterocycles. The van der Waals surface area contributed by atoms with Gasteiger partial charge in [0.1, 0.15) is 24.2 Å². The lowest BCUT2D eigenvalue weighted by Gasteiger charge is -2.13. The van der Waals surface area contributed by atoms with E-state index in [4.69, 9.17) is 4.42 Å². The molecule has 2 amide bonds. The van der Waals surface area contributed by atoms with Crippen LogP contribution in [0.3, 0.4) is 0 Å². The average molecular weight is 444 g/mol. The fourth-order valence-electron chi connectivity index (χ4n) is 3.14. The number of fused-ring (bicyclic) bond motifs is 3. The van der Waals surface area contributed by atoms with Gasteiger partial charge in [-0.25, -0.2) is 4.98 Å². The highest BCUT2D eigenvalue weighted by Gasteiger charge is 2.28. The van der Waals surface area contributed by atoms with E-state index in [1.807, 2.05) is 0 Å². The number of rotatable bonds is 5. The number of carbonyl (C=O) groups is 2. The summed E-state index contributed by atoms with van der Waals surface area (Å²) in [6.07, 6.45) is -3.37. The van der Waals surface area contributed by atoms with Crippen molar-refractivity contribution in [2.24, 2.45) is 0 Å². The normalized spacial score (nSPS) is 11.6. The van der Waals surface area contributed by atoms with E-state index in [1.54, 1.807) is 29.6 Å². The Morgan fingerprint density at radius 2 is 1.78 bits per heavy atom. The first kappa shape index (κ1) is 21.1. The number of nitrogens with zero attached hydrogens (tertiary/aromatic N) is 2. The maximum Gasteiger partial charge on any atom is 0.405 e. The van der Waals surface area contributed by atoms with Crippen LogP contribution in [-0.4, -0.2) is 34.1 Å². The lowest BCUT2D eigenvalue weighted by atomic mass is 10.1. The van der Waals surface area contributed by atoms with Crippen LogP contribution in [0.4, 0.5) is 18.9 Å². The van der Waals surface area contributed by atoms with E-state index < -0.39 is 36.6 Å². The number of hydrogen-bond donors (Lipinski definition) is 2. The Hall–Kier alpha value is -4.15. The van der Waals surface area contributed by atoms with Crippen molar-refractivity contribution in [1.82, 2.24) is 14.9 Å². The Kier molecular flexibility index (Phi) is 5.39. The molecule has 2 aromatic carbocycles. The molecule has 0 spiro atoms. The fourth-order valence-corrected chi connectivity index (χ4v) is 3.14. The molecule has 0 saturated carbocycles. The molecule has 11 heteroatoms. The van der Waals surface area contributed by atoms with Crippen LogP contribution < -0.4 is 16.2 Å². The summed E-state index contributed by atoms with van der Waals surface area (Å²) in [4.78, 5) is 41.5. The second kappa shape index (κ2) is 8.17. The van der Waals surface area contributed by atoms with Crippen molar-refractivity contribution < 1.29 is 27.2 Å². The van der Waals surface area contributed by atoms with Crippen molar-refractivity contribution in [3.05, 3.63) is 70.8 Å². The number of benzene rings is 2. The summed E-state index contributed by atoms with van der Waals surface area (Å²) < 4.78 is 43.7. The molecule has 2 N–H and O–H groups in total. The van der Waals surface area contributed by atoms with E-state index in [0.29, 0.717) is 16.5 Å². The molecule has 0 aliphatic carbocycles. The molecule has 4 rings (SSSR count). The molecular formula is C21H15F3N4O4. The Balaban J connectivity index is 1.54. The summed E-state index contributed by atoms with van der Waals surface area (Å²) in [5.74, 6) is -1.68. The fraction of sp³-hybridized carbons (Fsp3) is 0.143. The van der Waals surface area contributed by atoms with E-state index in [1.165, 1.54) is 30.6 Å². The first-order valence-electron chi connectivity index (χ1n) is 9.33. The van der Waals surface area contributed by atoms with E-state index in [-0.39, 0.29) is 16.8 Å². The number of halogens is 3. The lowest BCUT2D eigenvalue weighted by Crippen LogP contribution is -2.34. The molecule has 164 valence electrons. The van der Waals surface area contributed by atoms with Gasteiger partial charge in [0.25, 0.3) is 11.5 Å². The highest BCUT2D eigenvalue weighted by Crippen LogP contribution is 2.24. The van der Waals surface area contributed by atoms with Crippen LogP contribution in [0.25, 0.3) is 22.1 Å². The van der Waals surface area contributed by atoms with Crippen molar-refractivity contribution in [2.75, 3.05) is 11.9 Å². The molecule has 8 nitrogen and oxygen atoms in total. The maximum atomic E-state index is 12.7. The second-order valence-electron chi connectivity index (χ2n) is 6.85. The van der Waals surface area contributed by atoms with Gasteiger partial charge in [0.2, 0.25) is 11.5 Å². The highest BCUT2D eigenvalue weighted by atomic mass is 19.4. The van der Waals surface area contributed by atoms with Crippen LogP contribution >= 0.6 is 0 Å². The van der Waals surface area contributed by atoms with E-state index in [9.17, 15) is 27.6 Å². The van der Waals surface area contributed by atoms with E-state index in [0.717, 1.165) is 4.57 Å². The maximum absolute atomic E-state index is 12.7. The topological polar surface area (TPSA) is 106 Å². The smallest absolute Gasteiger partial charge is 0.405 e. The third kappa shape index (κ3) is 4.31. The van der Waals surface area contributed by atoms with Gasteiger partial charge >= 0.3 is 6.18 Å². The standard InChI is InChI=1S/C21H15F3N4O4/c22-21(23,24)10-25-19(30)12-5-1-3-7-14(12)27-16(29)9-28-11-26-17-13-6-2-4-8-15(13)32-18(17)20(28)31/h1-8,11H,9-10H2,(H,25,30)(H,27,29). The molecule has 0 atom stereocenters. The van der Waals surface area contributed by atoms with Gasteiger partial charge in [0.15, 0.2) is 0 Å². The molecular weight excluding hydrogens is 429 g/mol. The molecule has 0 fully saturated rings. The summed E-state index contributed by atoms with van der Waals surface area (Å²) in [5.41, 5.74) is 0.124. The van der Waals surface area contributed by atoms with Gasteiger partial charge in [-0.1, -0.05) is 24.3 Å². The minimum absolute atomic E-state index is 0.00278. The molecule has 0 aliphatic heterocycles. The van der Waals surface area contributed by atoms with Crippen molar-refractivity contribution in [3.8, 4) is 0 Å². The summed E-state index contributed by atoms with van der Waals surface area (Å²) in [5, 5.41) is 4.85. The van der Waals surface area contributed by atoms with E-state index in [2.05, 4.69) is 10.3 Å². The molecule has 0 aliphatic rings. The zero-order valence-electron chi connectivity index (χ0n) is 16.3. The Labute approximate surface area is 177 Å². The minimum atomic E-state index is -4.57. The Morgan fingerprint density at radius 3 is 2.56 bits per heavy atom. The van der Waals surface area contributed by atoms with Crippen LogP contribution in [0, 0.1) is 0 Å². The van der Waals surface area contributed by atoms with E-state index >= 15 is 0 Å². The molecule has 4 aromatic rings. The number of amides is 2. The number of alkyl halides is 3. The zero-order chi connectivity index (χ0) is 22.9. The third-order valence-corrected chi connectivity index (χ3v) is 4.56. The molecule has 0 radical (unpaired) electrons. The molecule has 2 aromatic heterocycles. The van der Waals surface area contributed by atoms with Crippen LogP contribution in [0.15, 0.2) is 64.1 Å². The zero-order valence-corrected chi connectivity index (χ0v) is 16.3.